The van der Waals surface area contributed by atoms with E-state index in [4.69, 9.17) is 0 Å². The van der Waals surface area contributed by atoms with Crippen molar-refractivity contribution in [2.24, 2.45) is 0 Å². The fourth-order valence-corrected chi connectivity index (χ4v) is 6.73. The number of nitrogens with zero attached hydrogens (tertiary/aromatic N) is 2. The molecule has 4 amide bonds. The molecule has 0 spiro atoms. The zero-order valence-electron chi connectivity index (χ0n) is 21.2. The maximum absolute atomic E-state index is 13.0. The number of anilines is 1. The number of carbonyl (C=O) groups is 5. The van der Waals surface area contributed by atoms with E-state index in [-0.39, 0.29) is 41.5 Å². The fraction of sp³-hybridized carbons (Fsp3) is 0.250. The van der Waals surface area contributed by atoms with Gasteiger partial charge in [0.15, 0.2) is 0 Å². The number of likely N-dealkylation sites (tertiary alicyclic amines) is 1. The molecule has 2 saturated heterocycles. The van der Waals surface area contributed by atoms with Gasteiger partial charge in [0.1, 0.15) is 23.7 Å². The molecule has 12 heteroatoms. The molecule has 5 rings (SSSR count). The van der Waals surface area contributed by atoms with Gasteiger partial charge in [0.2, 0.25) is 17.7 Å². The van der Waals surface area contributed by atoms with E-state index in [0.29, 0.717) is 29.8 Å². The molecule has 0 aromatic heterocycles. The van der Waals surface area contributed by atoms with Gasteiger partial charge >= 0.3 is 5.97 Å². The predicted octanol–water partition coefficient (Wildman–Crippen LogP) is 2.31. The number of hydrogen-bond donors (Lipinski definition) is 3. The van der Waals surface area contributed by atoms with Crippen molar-refractivity contribution in [1.29, 1.82) is 0 Å². The minimum Gasteiger partial charge on any atom is -0.477 e. The van der Waals surface area contributed by atoms with Crippen molar-refractivity contribution < 1.29 is 29.1 Å². The van der Waals surface area contributed by atoms with E-state index in [1.165, 1.54) is 39.4 Å². The summed E-state index contributed by atoms with van der Waals surface area (Å²) in [5.74, 6) is -2.38. The smallest absolute Gasteiger partial charge is 0.352 e. The van der Waals surface area contributed by atoms with Crippen LogP contribution in [0.15, 0.2) is 88.5 Å². The first-order chi connectivity index (χ1) is 19.3. The van der Waals surface area contributed by atoms with Crippen molar-refractivity contribution in [3.8, 4) is 0 Å². The number of allylic oxidation sites excluding steroid dienone is 1. The lowest BCUT2D eigenvalue weighted by Gasteiger charge is -2.49. The van der Waals surface area contributed by atoms with Crippen LogP contribution in [0.2, 0.25) is 0 Å². The van der Waals surface area contributed by atoms with Gasteiger partial charge in [-0.2, -0.15) is 0 Å². The van der Waals surface area contributed by atoms with Gasteiger partial charge in [-0.1, -0.05) is 36.4 Å². The zero-order valence-corrected chi connectivity index (χ0v) is 22.9. The predicted molar refractivity (Wildman–Crippen MR) is 151 cm³/mol. The molecule has 2 aromatic carbocycles. The molecular formula is C28H26N4O6S2. The zero-order chi connectivity index (χ0) is 28.2. The normalized spacial score (nSPS) is 21.2. The average molecular weight is 579 g/mol. The van der Waals surface area contributed by atoms with Gasteiger partial charge in [0, 0.05) is 28.5 Å². The van der Waals surface area contributed by atoms with Gasteiger partial charge < -0.3 is 20.6 Å². The molecule has 0 radical (unpaired) electrons. The summed E-state index contributed by atoms with van der Waals surface area (Å²) in [6.45, 7) is 0.206. The molecular weight excluding hydrogens is 552 g/mol. The van der Waals surface area contributed by atoms with Crippen LogP contribution in [0, 0.1) is 0 Å². The van der Waals surface area contributed by atoms with Crippen LogP contribution in [0.5, 0.6) is 0 Å². The van der Waals surface area contributed by atoms with Gasteiger partial charge in [0.05, 0.1) is 5.75 Å². The minimum atomic E-state index is -1.28. The molecule has 3 heterocycles. The molecule has 40 heavy (non-hydrogen) atoms. The highest BCUT2D eigenvalue weighted by Gasteiger charge is 2.54. The third-order valence-corrected chi connectivity index (χ3v) is 8.90. The molecule has 2 fully saturated rings. The van der Waals surface area contributed by atoms with E-state index in [2.05, 4.69) is 10.6 Å². The summed E-state index contributed by atoms with van der Waals surface area (Å²) in [5, 5.41) is 14.9. The van der Waals surface area contributed by atoms with E-state index in [9.17, 15) is 29.1 Å². The van der Waals surface area contributed by atoms with Crippen LogP contribution >= 0.6 is 23.5 Å². The number of fused-ring (bicyclic) bond motifs is 1. The van der Waals surface area contributed by atoms with Crippen LogP contribution in [0.1, 0.15) is 6.42 Å². The maximum atomic E-state index is 13.0. The number of para-hydroxylation sites is 1. The quantitative estimate of drug-likeness (QED) is 0.234. The largest absolute Gasteiger partial charge is 0.477 e. The van der Waals surface area contributed by atoms with Crippen LogP contribution < -0.4 is 10.6 Å². The third kappa shape index (κ3) is 5.92. The van der Waals surface area contributed by atoms with Crippen molar-refractivity contribution in [2.75, 3.05) is 29.9 Å². The Balaban J connectivity index is 1.22. The molecule has 0 aliphatic carbocycles. The number of thioether (sulfide) groups is 2. The van der Waals surface area contributed by atoms with Crippen molar-refractivity contribution >= 4 is 58.8 Å². The molecule has 2 aromatic rings. The van der Waals surface area contributed by atoms with Gasteiger partial charge in [-0.15, -0.1) is 23.5 Å². The Morgan fingerprint density at radius 1 is 1.02 bits per heavy atom. The van der Waals surface area contributed by atoms with Gasteiger partial charge in [-0.05, 0) is 42.3 Å². The highest BCUT2D eigenvalue weighted by molar-refractivity contribution is 8.00. The van der Waals surface area contributed by atoms with Gasteiger partial charge in [0.25, 0.3) is 5.91 Å². The number of amides is 4. The molecule has 0 bridgehead atoms. The Labute approximate surface area is 238 Å². The second kappa shape index (κ2) is 12.0. The molecule has 3 aliphatic rings. The van der Waals surface area contributed by atoms with Gasteiger partial charge in [-0.3, -0.25) is 24.1 Å². The van der Waals surface area contributed by atoms with Crippen molar-refractivity contribution in [2.45, 2.75) is 22.7 Å². The standard InChI is InChI=1S/C28H26N4O6S2/c33-21(29-19-7-3-1-4-8-19)14-31-12-11-17(25(31)35)13-18-15-40-27-23(26(36)32(27)24(18)28(37)38)30-22(34)16-39-20-9-5-2-6-10-20/h1-10,13,23,27H,11-12,14-16H2,(H,29,33)(H,30,34)(H,37,38)/b17-13+/t23-,27-/m1/s1. The fourth-order valence-electron chi connectivity index (χ4n) is 4.69. The first-order valence-corrected chi connectivity index (χ1v) is 14.6. The number of nitrogens with one attached hydrogen (secondary N) is 2. The Kier molecular flexibility index (Phi) is 8.27. The SMILES string of the molecule is O=C(CN1CC/C(=C\C2=C(C(=O)O)N3C(=O)[C@@H](NC(=O)CSc4ccccc4)[C@H]3SC2)C1=O)Nc1ccccc1. The number of rotatable bonds is 9. The number of β-lactam (4-membered cyclic amide) rings is 1. The summed E-state index contributed by atoms with van der Waals surface area (Å²) < 4.78 is 0. The van der Waals surface area contributed by atoms with Crippen LogP contribution in [-0.4, -0.2) is 80.5 Å². The highest BCUT2D eigenvalue weighted by atomic mass is 32.2. The lowest BCUT2D eigenvalue weighted by molar-refractivity contribution is -0.150. The van der Waals surface area contributed by atoms with Crippen LogP contribution in [0.25, 0.3) is 0 Å². The third-order valence-electron chi connectivity index (χ3n) is 6.58. The van der Waals surface area contributed by atoms with E-state index < -0.39 is 23.3 Å². The number of carbonyl (C=O) groups excluding carboxylic acids is 4. The molecule has 0 saturated carbocycles. The number of benzene rings is 2. The monoisotopic (exact) mass is 578 g/mol. The van der Waals surface area contributed by atoms with Crippen LogP contribution in [0.3, 0.4) is 0 Å². The molecule has 3 aliphatic heterocycles. The molecule has 10 nitrogen and oxygen atoms in total. The topological polar surface area (TPSA) is 136 Å². The van der Waals surface area contributed by atoms with Crippen LogP contribution in [-0.2, 0) is 24.0 Å². The highest BCUT2D eigenvalue weighted by Crippen LogP contribution is 2.41. The lowest BCUT2D eigenvalue weighted by Crippen LogP contribution is -2.70. The van der Waals surface area contributed by atoms with E-state index in [0.717, 1.165) is 4.90 Å². The summed E-state index contributed by atoms with van der Waals surface area (Å²) in [6, 6.07) is 17.5. The molecule has 206 valence electrons. The molecule has 3 N–H and O–H groups in total. The Bertz CT molecular complexity index is 1410. The van der Waals surface area contributed by atoms with E-state index in [1.54, 1.807) is 24.3 Å². The minimum absolute atomic E-state index is 0.124. The summed E-state index contributed by atoms with van der Waals surface area (Å²) in [5.41, 5.74) is 1.18. The summed E-state index contributed by atoms with van der Waals surface area (Å²) >= 11 is 2.68. The first-order valence-electron chi connectivity index (χ1n) is 12.5. The number of hydrogen-bond acceptors (Lipinski definition) is 7. The van der Waals surface area contributed by atoms with Crippen molar-refractivity contribution in [1.82, 2.24) is 15.1 Å². The first kappa shape index (κ1) is 27.5. The second-order valence-electron chi connectivity index (χ2n) is 9.30. The molecule has 0 unspecified atom stereocenters. The van der Waals surface area contributed by atoms with E-state index in [1.807, 2.05) is 36.4 Å². The maximum Gasteiger partial charge on any atom is 0.352 e. The Hall–Kier alpha value is -4.03. The number of carboxylic acid groups (broad SMARTS) is 1. The Morgan fingerprint density at radius 2 is 1.73 bits per heavy atom. The average Bonchev–Trinajstić information content (AvgIpc) is 3.29. The second-order valence-corrected chi connectivity index (χ2v) is 11.4. The number of aliphatic carboxylic acids is 1. The lowest BCUT2D eigenvalue weighted by atomic mass is 10.0. The van der Waals surface area contributed by atoms with Crippen LogP contribution in [0.4, 0.5) is 5.69 Å². The summed E-state index contributed by atoms with van der Waals surface area (Å²) in [6.07, 6.45) is 1.88. The van der Waals surface area contributed by atoms with E-state index >= 15 is 0 Å². The summed E-state index contributed by atoms with van der Waals surface area (Å²) in [4.78, 5) is 66.5. The van der Waals surface area contributed by atoms with Gasteiger partial charge in [-0.25, -0.2) is 4.79 Å². The Morgan fingerprint density at radius 3 is 2.42 bits per heavy atom. The van der Waals surface area contributed by atoms with Crippen molar-refractivity contribution in [3.05, 3.63) is 83.6 Å². The van der Waals surface area contributed by atoms with Crippen molar-refractivity contribution in [3.63, 3.8) is 0 Å². The summed E-state index contributed by atoms with van der Waals surface area (Å²) in [7, 11) is 0. The number of carboxylic acids is 1. The molecule has 2 atom stereocenters.